The van der Waals surface area contributed by atoms with Crippen LogP contribution in [-0.2, 0) is 0 Å². The molecule has 0 spiro atoms. The molecular formula is C14H17Cl2N3. The Morgan fingerprint density at radius 2 is 1.74 bits per heavy atom. The molecule has 5 heteroatoms. The monoisotopic (exact) mass is 297 g/mol. The second kappa shape index (κ2) is 5.22. The van der Waals surface area contributed by atoms with Gasteiger partial charge in [0.1, 0.15) is 0 Å². The van der Waals surface area contributed by atoms with E-state index in [4.69, 9.17) is 28.9 Å². The first kappa shape index (κ1) is 13.1. The van der Waals surface area contributed by atoms with Crippen LogP contribution in [0.4, 0.5) is 0 Å². The molecule has 0 radical (unpaired) electrons. The van der Waals surface area contributed by atoms with Crippen LogP contribution in [0.5, 0.6) is 0 Å². The van der Waals surface area contributed by atoms with Crippen LogP contribution in [0, 0.1) is 0 Å². The fraction of sp³-hybridized carbons (Fsp3) is 0.500. The van der Waals surface area contributed by atoms with E-state index in [2.05, 4.69) is 9.89 Å². The summed E-state index contributed by atoms with van der Waals surface area (Å²) in [6.07, 6.45) is 4.94. The van der Waals surface area contributed by atoms with Crippen molar-refractivity contribution in [2.75, 3.05) is 6.54 Å². The number of benzene rings is 1. The quantitative estimate of drug-likeness (QED) is 0.906. The second-order valence-electron chi connectivity index (χ2n) is 5.26. The number of rotatable bonds is 2. The first-order chi connectivity index (χ1) is 9.15. The highest BCUT2D eigenvalue weighted by molar-refractivity contribution is 6.34. The van der Waals surface area contributed by atoms with Gasteiger partial charge in [0.2, 0.25) is 0 Å². The summed E-state index contributed by atoms with van der Waals surface area (Å²) in [7, 11) is 0. The third kappa shape index (κ3) is 2.54. The van der Waals surface area contributed by atoms with Gasteiger partial charge in [0.25, 0.3) is 0 Å². The minimum atomic E-state index is 0.180. The van der Waals surface area contributed by atoms with E-state index in [1.165, 1.54) is 25.7 Å². The summed E-state index contributed by atoms with van der Waals surface area (Å²) in [6, 6.07) is 6.38. The highest BCUT2D eigenvalue weighted by Gasteiger charge is 2.34. The molecule has 1 saturated carbocycles. The van der Waals surface area contributed by atoms with Gasteiger partial charge >= 0.3 is 0 Å². The van der Waals surface area contributed by atoms with Crippen LogP contribution >= 0.6 is 23.2 Å². The molecule has 2 aliphatic rings. The number of nitrogens with two attached hydrogens (primary N) is 1. The molecule has 0 saturated heterocycles. The molecule has 1 aromatic rings. The predicted molar refractivity (Wildman–Crippen MR) is 79.8 cm³/mol. The Hall–Kier alpha value is -0.930. The zero-order valence-corrected chi connectivity index (χ0v) is 12.2. The summed E-state index contributed by atoms with van der Waals surface area (Å²) in [6.45, 7) is 0.693. The molecule has 0 aromatic heterocycles. The highest BCUT2D eigenvalue weighted by atomic mass is 35.5. The van der Waals surface area contributed by atoms with Gasteiger partial charge < -0.3 is 10.6 Å². The van der Waals surface area contributed by atoms with Gasteiger partial charge in [0.15, 0.2) is 5.96 Å². The lowest BCUT2D eigenvalue weighted by molar-refractivity contribution is 0.262. The van der Waals surface area contributed by atoms with Crippen molar-refractivity contribution < 1.29 is 0 Å². The van der Waals surface area contributed by atoms with Crippen LogP contribution in [0.1, 0.15) is 37.3 Å². The number of guanidine groups is 1. The van der Waals surface area contributed by atoms with Crippen LogP contribution in [0.25, 0.3) is 0 Å². The van der Waals surface area contributed by atoms with Crippen molar-refractivity contribution in [3.05, 3.63) is 33.8 Å². The van der Waals surface area contributed by atoms with Crippen LogP contribution in [0.3, 0.4) is 0 Å². The minimum Gasteiger partial charge on any atom is -0.370 e. The summed E-state index contributed by atoms with van der Waals surface area (Å²) < 4.78 is 0. The Labute approximate surface area is 123 Å². The van der Waals surface area contributed by atoms with Crippen molar-refractivity contribution in [2.45, 2.75) is 37.8 Å². The largest absolute Gasteiger partial charge is 0.370 e. The van der Waals surface area contributed by atoms with E-state index in [-0.39, 0.29) is 6.04 Å². The number of hydrogen-bond donors (Lipinski definition) is 1. The van der Waals surface area contributed by atoms with Gasteiger partial charge in [-0.3, -0.25) is 4.99 Å². The van der Waals surface area contributed by atoms with Crippen molar-refractivity contribution in [1.29, 1.82) is 0 Å². The molecule has 19 heavy (non-hydrogen) atoms. The van der Waals surface area contributed by atoms with Gasteiger partial charge in [-0.25, -0.2) is 0 Å². The average molecular weight is 298 g/mol. The molecule has 1 aliphatic carbocycles. The maximum Gasteiger partial charge on any atom is 0.192 e. The lowest BCUT2D eigenvalue weighted by atomic mass is 10.0. The van der Waals surface area contributed by atoms with E-state index in [1.807, 2.05) is 12.1 Å². The average Bonchev–Trinajstić information content (AvgIpc) is 2.96. The molecular weight excluding hydrogens is 281 g/mol. The third-order valence-corrected chi connectivity index (χ3v) is 4.45. The number of hydrogen-bond acceptors (Lipinski definition) is 3. The Balaban J connectivity index is 1.90. The summed E-state index contributed by atoms with van der Waals surface area (Å²) in [4.78, 5) is 6.67. The molecule has 3 nitrogen and oxygen atoms in total. The van der Waals surface area contributed by atoms with Gasteiger partial charge in [0, 0.05) is 16.1 Å². The standard InChI is InChI=1S/C14H17Cl2N3/c15-10-5-9(6-11(16)7-10)13-8-18-14(17)19(13)12-3-1-2-4-12/h5-7,12-13H,1-4,8H2,(H2,17,18). The molecule has 0 bridgehead atoms. The second-order valence-corrected chi connectivity index (χ2v) is 6.14. The first-order valence-corrected chi connectivity index (χ1v) is 7.45. The normalized spacial score (nSPS) is 24.0. The van der Waals surface area contributed by atoms with Crippen molar-refractivity contribution in [3.63, 3.8) is 0 Å². The fourth-order valence-corrected chi connectivity index (χ4v) is 3.71. The fourth-order valence-electron chi connectivity index (χ4n) is 3.17. The molecule has 3 rings (SSSR count). The van der Waals surface area contributed by atoms with E-state index in [0.717, 1.165) is 5.56 Å². The molecule has 1 heterocycles. The molecule has 2 N–H and O–H groups in total. The van der Waals surface area contributed by atoms with Crippen LogP contribution in [0.2, 0.25) is 10.0 Å². The van der Waals surface area contributed by atoms with Crippen molar-refractivity contribution in [2.24, 2.45) is 10.7 Å². The number of nitrogens with zero attached hydrogens (tertiary/aromatic N) is 2. The van der Waals surface area contributed by atoms with Crippen LogP contribution in [0.15, 0.2) is 23.2 Å². The molecule has 1 unspecified atom stereocenters. The molecule has 1 aliphatic heterocycles. The van der Waals surface area contributed by atoms with E-state index >= 15 is 0 Å². The van der Waals surface area contributed by atoms with Crippen molar-refractivity contribution in [3.8, 4) is 0 Å². The lowest BCUT2D eigenvalue weighted by Crippen LogP contribution is -2.42. The van der Waals surface area contributed by atoms with E-state index < -0.39 is 0 Å². The zero-order chi connectivity index (χ0) is 13.4. The van der Waals surface area contributed by atoms with Gasteiger partial charge in [0.05, 0.1) is 12.6 Å². The van der Waals surface area contributed by atoms with Crippen molar-refractivity contribution in [1.82, 2.24) is 4.90 Å². The highest BCUT2D eigenvalue weighted by Crippen LogP contribution is 2.35. The Morgan fingerprint density at radius 3 is 2.37 bits per heavy atom. The first-order valence-electron chi connectivity index (χ1n) is 6.69. The Bertz CT molecular complexity index is 489. The van der Waals surface area contributed by atoms with Gasteiger partial charge in [-0.2, -0.15) is 0 Å². The summed E-state index contributed by atoms with van der Waals surface area (Å²) >= 11 is 12.2. The summed E-state index contributed by atoms with van der Waals surface area (Å²) in [5.41, 5.74) is 7.18. The molecule has 0 amide bonds. The Morgan fingerprint density at radius 1 is 1.11 bits per heavy atom. The van der Waals surface area contributed by atoms with Crippen molar-refractivity contribution >= 4 is 29.2 Å². The van der Waals surface area contributed by atoms with E-state index in [9.17, 15) is 0 Å². The smallest absolute Gasteiger partial charge is 0.192 e. The van der Waals surface area contributed by atoms with Gasteiger partial charge in [-0.1, -0.05) is 36.0 Å². The van der Waals surface area contributed by atoms with Gasteiger partial charge in [-0.15, -0.1) is 0 Å². The minimum absolute atomic E-state index is 0.180. The summed E-state index contributed by atoms with van der Waals surface area (Å²) in [5.74, 6) is 0.660. The number of halogens is 2. The third-order valence-electron chi connectivity index (χ3n) is 4.01. The predicted octanol–water partition coefficient (Wildman–Crippen LogP) is 3.61. The SMILES string of the molecule is NC1=NCC(c2cc(Cl)cc(Cl)c2)N1C1CCCC1. The lowest BCUT2D eigenvalue weighted by Gasteiger charge is -2.32. The van der Waals surface area contributed by atoms with Gasteiger partial charge in [-0.05, 0) is 36.6 Å². The summed E-state index contributed by atoms with van der Waals surface area (Å²) in [5, 5.41) is 1.33. The maximum atomic E-state index is 6.10. The number of aliphatic imine (C=N–C) groups is 1. The maximum absolute atomic E-state index is 6.10. The molecule has 1 fully saturated rings. The van der Waals surface area contributed by atoms with E-state index in [1.54, 1.807) is 6.07 Å². The van der Waals surface area contributed by atoms with E-state index in [0.29, 0.717) is 28.6 Å². The molecule has 1 aromatic carbocycles. The molecule has 102 valence electrons. The van der Waals surface area contributed by atoms with Crippen LogP contribution in [-0.4, -0.2) is 23.4 Å². The molecule has 1 atom stereocenters. The van der Waals surface area contributed by atoms with Crippen LogP contribution < -0.4 is 5.73 Å². The topological polar surface area (TPSA) is 41.6 Å². The zero-order valence-electron chi connectivity index (χ0n) is 10.6. The Kier molecular flexibility index (Phi) is 3.59.